The van der Waals surface area contributed by atoms with Crippen molar-refractivity contribution in [3.63, 3.8) is 0 Å². The van der Waals surface area contributed by atoms with E-state index in [2.05, 4.69) is 20.5 Å². The van der Waals surface area contributed by atoms with Gasteiger partial charge < -0.3 is 39.9 Å². The summed E-state index contributed by atoms with van der Waals surface area (Å²) in [6.07, 6.45) is 2.00. The highest BCUT2D eigenvalue weighted by atomic mass is 32.1. The van der Waals surface area contributed by atoms with E-state index in [9.17, 15) is 29.1 Å². The van der Waals surface area contributed by atoms with Crippen LogP contribution in [0, 0.1) is 25.8 Å². The Morgan fingerprint density at radius 3 is 2.30 bits per heavy atom. The van der Waals surface area contributed by atoms with E-state index in [4.69, 9.17) is 28.3 Å². The smallest absolute Gasteiger partial charge is 0.259 e. The average Bonchev–Trinajstić information content (AvgIpc) is 4.01. The number of nitrogens with one attached hydrogen (secondary N) is 2. The van der Waals surface area contributed by atoms with Crippen molar-refractivity contribution in [2.45, 2.75) is 117 Å². The van der Waals surface area contributed by atoms with Crippen LogP contribution in [-0.2, 0) is 35.2 Å². The number of benzene rings is 3. The number of carbonyl (C=O) groups is 5. The van der Waals surface area contributed by atoms with Crippen molar-refractivity contribution >= 4 is 75.3 Å². The van der Waals surface area contributed by atoms with Crippen molar-refractivity contribution in [3.8, 4) is 10.4 Å². The second-order valence-electron chi connectivity index (χ2n) is 20.0. The van der Waals surface area contributed by atoms with Gasteiger partial charge in [0.25, 0.3) is 11.8 Å². The van der Waals surface area contributed by atoms with E-state index >= 15 is 0 Å². The first-order chi connectivity index (χ1) is 33.8. The monoisotopic (exact) mass is 1000 g/mol. The van der Waals surface area contributed by atoms with E-state index < -0.39 is 41.0 Å². The number of β-amino-alcohol motifs (C(OH)–C–C–N with tert-alkyl or cyclic N) is 1. The molecule has 376 valence electrons. The molecule has 3 aromatic carbocycles. The quantitative estimate of drug-likeness (QED) is 0.0558. The third-order valence-corrected chi connectivity index (χ3v) is 14.7. The molecule has 0 unspecified atom stereocenters. The minimum atomic E-state index is -0.979. The number of thiazole rings is 1. The molecule has 0 spiro atoms. The van der Waals surface area contributed by atoms with Gasteiger partial charge in [-0.25, -0.2) is 9.83 Å². The first kappa shape index (κ1) is 52.7. The lowest BCUT2D eigenvalue weighted by atomic mass is 9.85. The summed E-state index contributed by atoms with van der Waals surface area (Å²) >= 11 is 7.41. The molecule has 7 rings (SSSR count). The number of amides is 5. The van der Waals surface area contributed by atoms with Crippen molar-refractivity contribution in [2.75, 3.05) is 49.3 Å². The first-order valence-electron chi connectivity index (χ1n) is 24.1. The maximum Gasteiger partial charge on any atom is 0.259 e. The molecule has 4 aromatic rings. The Kier molecular flexibility index (Phi) is 16.7. The van der Waals surface area contributed by atoms with Gasteiger partial charge in [0.1, 0.15) is 24.2 Å². The van der Waals surface area contributed by atoms with Crippen molar-refractivity contribution in [1.82, 2.24) is 25.4 Å². The summed E-state index contributed by atoms with van der Waals surface area (Å²) in [5.41, 5.74) is 6.14. The van der Waals surface area contributed by atoms with Crippen molar-refractivity contribution in [3.05, 3.63) is 106 Å². The fourth-order valence-corrected chi connectivity index (χ4v) is 10.6. The summed E-state index contributed by atoms with van der Waals surface area (Å²) in [5.74, 6) is -1.53. The highest BCUT2D eigenvalue weighted by Gasteiger charge is 2.50. The molecule has 4 heterocycles. The van der Waals surface area contributed by atoms with Crippen LogP contribution in [0.15, 0.2) is 72.2 Å². The number of unbranched alkanes of at least 4 members (excludes halogenated alkanes) is 1. The lowest BCUT2D eigenvalue weighted by Gasteiger charge is -2.35. The van der Waals surface area contributed by atoms with Gasteiger partial charge in [-0.15, -0.1) is 11.3 Å². The molecule has 0 saturated carbocycles. The van der Waals surface area contributed by atoms with Crippen LogP contribution in [0.25, 0.3) is 15.3 Å². The molecule has 3 aliphatic heterocycles. The molecule has 3 saturated heterocycles. The summed E-state index contributed by atoms with van der Waals surface area (Å²) in [6, 6.07) is 18.4. The van der Waals surface area contributed by atoms with E-state index in [1.807, 2.05) is 95.3 Å². The maximum atomic E-state index is 14.0. The molecule has 3 fully saturated rings. The number of rotatable bonds is 17. The minimum absolute atomic E-state index is 0.0132. The number of nitrogens with zero attached hydrogens (tertiary/aromatic N) is 6. The van der Waals surface area contributed by atoms with Gasteiger partial charge in [0.2, 0.25) is 17.7 Å². The van der Waals surface area contributed by atoms with Crippen LogP contribution in [0.1, 0.15) is 93.9 Å². The third-order valence-electron chi connectivity index (χ3n) is 13.3. The minimum Gasteiger partial charge on any atom is -0.391 e. The number of anilines is 2. The second kappa shape index (κ2) is 22.5. The molecule has 0 radical (unpaired) electrons. The van der Waals surface area contributed by atoms with Crippen LogP contribution in [-0.4, -0.2) is 124 Å². The predicted octanol–water partition coefficient (Wildman–Crippen LogP) is 7.12. The molecule has 3 N–H and O–H groups in total. The summed E-state index contributed by atoms with van der Waals surface area (Å²) in [7, 11) is 0. The molecule has 71 heavy (non-hydrogen) atoms. The van der Waals surface area contributed by atoms with Gasteiger partial charge in [-0.2, -0.15) is 0 Å². The van der Waals surface area contributed by atoms with Crippen LogP contribution in [0.2, 0.25) is 0 Å². The molecule has 3 atom stereocenters. The Morgan fingerprint density at radius 2 is 1.66 bits per heavy atom. The Labute approximate surface area is 425 Å². The summed E-state index contributed by atoms with van der Waals surface area (Å²) in [4.78, 5) is 83.2. The Morgan fingerprint density at radius 1 is 0.986 bits per heavy atom. The van der Waals surface area contributed by atoms with Gasteiger partial charge >= 0.3 is 0 Å². The Balaban J connectivity index is 0.797. The van der Waals surface area contributed by atoms with Crippen LogP contribution < -0.4 is 20.4 Å². The highest BCUT2D eigenvalue weighted by molar-refractivity contribution is 7.81. The number of aromatic nitrogens is 1. The zero-order valence-corrected chi connectivity index (χ0v) is 43.2. The maximum absolute atomic E-state index is 14.0. The number of carbonyl (C=O) groups excluding carboxylic acids is 5. The molecular weight excluding hydrogens is 941 g/mol. The molecule has 16 nitrogen and oxygen atoms in total. The summed E-state index contributed by atoms with van der Waals surface area (Å²) in [6.45, 7) is 22.2. The largest absolute Gasteiger partial charge is 0.391 e. The SMILES string of the molecule is [C-]#[N+]c1ccc(N2C(=O)C(C)(C)N(c3ccc(C(=O)N4CCC(OCCCCOCC(=O)N[C@H](C(=O)N5C[C@H](O)C[C@H]5C(=O)NCc5ccc(-c6scnc6C)cc5)C(C)(C)C)CC4)cc3)C2=S)cc1C. The van der Waals surface area contributed by atoms with Gasteiger partial charge in [-0.3, -0.25) is 28.9 Å². The van der Waals surface area contributed by atoms with E-state index in [-0.39, 0.29) is 49.9 Å². The first-order valence-corrected chi connectivity index (χ1v) is 25.4. The van der Waals surface area contributed by atoms with E-state index in [1.54, 1.807) is 46.6 Å². The molecule has 3 aliphatic rings. The molecular formula is C53H64N8O8S2. The number of hydrogen-bond donors (Lipinski definition) is 3. The van der Waals surface area contributed by atoms with Gasteiger partial charge in [-0.1, -0.05) is 51.1 Å². The number of aliphatic hydroxyl groups excluding tert-OH is 1. The molecule has 0 bridgehead atoms. The van der Waals surface area contributed by atoms with Crippen molar-refractivity contribution in [1.29, 1.82) is 0 Å². The van der Waals surface area contributed by atoms with Crippen LogP contribution in [0.3, 0.4) is 0 Å². The van der Waals surface area contributed by atoms with Crippen LogP contribution in [0.5, 0.6) is 0 Å². The normalized spacial score (nSPS) is 18.7. The molecule has 5 amide bonds. The number of piperidine rings is 1. The fourth-order valence-electron chi connectivity index (χ4n) is 9.23. The Bertz CT molecular complexity index is 2650. The zero-order chi connectivity index (χ0) is 51.2. The number of likely N-dealkylation sites (tertiary alicyclic amines) is 2. The summed E-state index contributed by atoms with van der Waals surface area (Å²) < 4.78 is 11.8. The Hall–Kier alpha value is -6.10. The van der Waals surface area contributed by atoms with E-state index in [0.717, 1.165) is 27.3 Å². The van der Waals surface area contributed by atoms with Crippen molar-refractivity contribution in [2.24, 2.45) is 5.41 Å². The average molecular weight is 1010 g/mol. The summed E-state index contributed by atoms with van der Waals surface area (Å²) in [5, 5.41) is 16.7. The van der Waals surface area contributed by atoms with Gasteiger partial charge in [-0.05, 0) is 124 Å². The number of aliphatic hydroxyl groups is 1. The lowest BCUT2D eigenvalue weighted by molar-refractivity contribution is -0.144. The van der Waals surface area contributed by atoms with Crippen molar-refractivity contribution < 1.29 is 38.6 Å². The van der Waals surface area contributed by atoms with Gasteiger partial charge in [0, 0.05) is 62.8 Å². The molecule has 1 aromatic heterocycles. The lowest BCUT2D eigenvalue weighted by Crippen LogP contribution is -2.58. The van der Waals surface area contributed by atoms with Crippen LogP contribution in [0.4, 0.5) is 17.1 Å². The molecule has 18 heteroatoms. The van der Waals surface area contributed by atoms with Gasteiger partial charge in [0.05, 0.1) is 34.9 Å². The van der Waals surface area contributed by atoms with Gasteiger partial charge in [0.15, 0.2) is 10.8 Å². The number of aryl methyl sites for hydroxylation is 2. The number of hydrogen-bond acceptors (Lipinski definition) is 11. The predicted molar refractivity (Wildman–Crippen MR) is 277 cm³/mol. The number of ether oxygens (including phenoxy) is 2. The topological polar surface area (TPSA) is 178 Å². The highest BCUT2D eigenvalue weighted by Crippen LogP contribution is 2.38. The third kappa shape index (κ3) is 12.2. The fraction of sp³-hybridized carbons (Fsp3) is 0.472. The zero-order valence-electron chi connectivity index (χ0n) is 41.5. The molecule has 0 aliphatic carbocycles. The standard InChI is InChI=1S/C53H64N8O8S2/c1-33-27-39(19-20-42(33)54-8)60-50(67)53(6,7)61(51(60)70)38-17-15-37(16-18-38)48(65)58-23-21-41(22-24-58)69-26-10-9-25-68-31-44(63)57-46(52(3,4)5)49(66)59-30-40(62)28-43(59)47(64)55-29-35-11-13-36(14-12-35)45-34(2)56-32-71-45/h11-20,27,32,40-41,43,46,62H,9-10,21-26,28-31H2,1-7H3,(H,55,64)(H,57,63)/t40-,43+,46-/m1/s1. The van der Waals surface area contributed by atoms with E-state index in [0.29, 0.717) is 79.7 Å². The second-order valence-corrected chi connectivity index (χ2v) is 21.2. The van der Waals surface area contributed by atoms with E-state index in [1.165, 1.54) is 9.80 Å². The number of thiocarbonyl (C=S) groups is 1. The van der Waals surface area contributed by atoms with Crippen LogP contribution >= 0.6 is 23.6 Å².